The van der Waals surface area contributed by atoms with Crippen molar-refractivity contribution in [2.75, 3.05) is 19.0 Å². The van der Waals surface area contributed by atoms with Crippen molar-refractivity contribution < 1.29 is 9.32 Å². The molecule has 0 bridgehead atoms. The van der Waals surface area contributed by atoms with Crippen LogP contribution in [0.25, 0.3) is 11.3 Å². The first-order chi connectivity index (χ1) is 14.2. The molecule has 1 heterocycles. The number of halogens is 2. The van der Waals surface area contributed by atoms with Crippen LogP contribution in [-0.2, 0) is 6.54 Å². The van der Waals surface area contributed by atoms with Crippen molar-refractivity contribution >= 4 is 34.8 Å². The summed E-state index contributed by atoms with van der Waals surface area (Å²) in [6, 6.07) is 13.3. The van der Waals surface area contributed by atoms with Crippen molar-refractivity contribution in [3.8, 4) is 11.3 Å². The molecule has 1 aromatic heterocycles. The van der Waals surface area contributed by atoms with Crippen molar-refractivity contribution in [2.45, 2.75) is 33.4 Å². The van der Waals surface area contributed by atoms with Crippen molar-refractivity contribution in [3.63, 3.8) is 0 Å². The third-order valence-electron chi connectivity index (χ3n) is 4.97. The second kappa shape index (κ2) is 9.11. The van der Waals surface area contributed by atoms with Gasteiger partial charge in [0.05, 0.1) is 10.0 Å². The molecule has 7 heteroatoms. The number of aromatic nitrogens is 1. The lowest BCUT2D eigenvalue weighted by Gasteiger charge is -2.27. The fourth-order valence-electron chi connectivity index (χ4n) is 3.25. The monoisotopic (exact) mass is 445 g/mol. The van der Waals surface area contributed by atoms with E-state index in [0.29, 0.717) is 39.2 Å². The van der Waals surface area contributed by atoms with Gasteiger partial charge < -0.3 is 14.3 Å². The highest BCUT2D eigenvalue weighted by Gasteiger charge is 2.29. The van der Waals surface area contributed by atoms with Gasteiger partial charge in [0.1, 0.15) is 17.0 Å². The molecule has 0 saturated heterocycles. The van der Waals surface area contributed by atoms with Gasteiger partial charge in [0.25, 0.3) is 5.91 Å². The molecule has 30 heavy (non-hydrogen) atoms. The summed E-state index contributed by atoms with van der Waals surface area (Å²) < 4.78 is 5.38. The van der Waals surface area contributed by atoms with E-state index in [0.717, 1.165) is 11.3 Å². The van der Waals surface area contributed by atoms with Crippen LogP contribution < -0.4 is 4.90 Å². The van der Waals surface area contributed by atoms with Gasteiger partial charge >= 0.3 is 0 Å². The minimum absolute atomic E-state index is 0.0325. The Kier molecular flexibility index (Phi) is 6.74. The fraction of sp³-hybridized carbons (Fsp3) is 0.304. The number of rotatable bonds is 6. The van der Waals surface area contributed by atoms with Gasteiger partial charge in [-0.15, -0.1) is 0 Å². The first-order valence-electron chi connectivity index (χ1n) is 9.68. The molecule has 0 aliphatic rings. The van der Waals surface area contributed by atoms with Crippen LogP contribution in [0.4, 0.5) is 5.69 Å². The molecular weight excluding hydrogens is 421 g/mol. The van der Waals surface area contributed by atoms with Crippen LogP contribution in [0.3, 0.4) is 0 Å². The van der Waals surface area contributed by atoms with Crippen molar-refractivity contribution in [3.05, 3.63) is 69.4 Å². The van der Waals surface area contributed by atoms with Crippen LogP contribution in [0.1, 0.15) is 35.5 Å². The minimum Gasteiger partial charge on any atom is -0.378 e. The number of benzene rings is 2. The maximum Gasteiger partial charge on any atom is 0.260 e. The highest BCUT2D eigenvalue weighted by atomic mass is 35.5. The molecule has 0 radical (unpaired) electrons. The summed E-state index contributed by atoms with van der Waals surface area (Å²) in [5.74, 6) is 0.256. The van der Waals surface area contributed by atoms with E-state index in [-0.39, 0.29) is 11.9 Å². The zero-order chi connectivity index (χ0) is 22.0. The van der Waals surface area contributed by atoms with E-state index in [9.17, 15) is 4.79 Å². The molecule has 158 valence electrons. The fourth-order valence-corrected chi connectivity index (χ4v) is 3.82. The van der Waals surface area contributed by atoms with E-state index in [1.54, 1.807) is 30.0 Å². The van der Waals surface area contributed by atoms with Crippen molar-refractivity contribution in [1.82, 2.24) is 10.1 Å². The van der Waals surface area contributed by atoms with Gasteiger partial charge in [-0.05, 0) is 50.6 Å². The largest absolute Gasteiger partial charge is 0.378 e. The number of hydrogen-bond acceptors (Lipinski definition) is 4. The predicted molar refractivity (Wildman–Crippen MR) is 122 cm³/mol. The SMILES string of the molecule is Cc1onc(-c2c(Cl)cccc2Cl)c1C(=O)N(Cc1ccc(N(C)C)cc1)C(C)C. The Morgan fingerprint density at radius 3 is 2.20 bits per heavy atom. The van der Waals surface area contributed by atoms with E-state index in [1.165, 1.54) is 0 Å². The van der Waals surface area contributed by atoms with Crippen LogP contribution in [0.2, 0.25) is 10.0 Å². The molecule has 0 spiro atoms. The normalized spacial score (nSPS) is 11.1. The molecule has 0 aliphatic carbocycles. The molecule has 0 atom stereocenters. The quantitative estimate of drug-likeness (QED) is 0.461. The smallest absolute Gasteiger partial charge is 0.260 e. The van der Waals surface area contributed by atoms with E-state index >= 15 is 0 Å². The number of amides is 1. The Labute approximate surface area is 187 Å². The van der Waals surface area contributed by atoms with Crippen LogP contribution >= 0.6 is 23.2 Å². The van der Waals surface area contributed by atoms with Crippen molar-refractivity contribution in [2.24, 2.45) is 0 Å². The molecule has 5 nitrogen and oxygen atoms in total. The molecule has 3 aromatic rings. The lowest BCUT2D eigenvalue weighted by atomic mass is 10.0. The molecule has 1 amide bonds. The van der Waals surface area contributed by atoms with E-state index in [4.69, 9.17) is 27.7 Å². The van der Waals surface area contributed by atoms with Crippen LogP contribution in [-0.4, -0.2) is 36.1 Å². The maximum absolute atomic E-state index is 13.6. The summed E-state index contributed by atoms with van der Waals surface area (Å²) in [7, 11) is 3.99. The zero-order valence-electron chi connectivity index (χ0n) is 17.7. The Hall–Kier alpha value is -2.50. The van der Waals surface area contributed by atoms with E-state index in [1.807, 2.05) is 57.1 Å². The Balaban J connectivity index is 1.98. The highest BCUT2D eigenvalue weighted by Crippen LogP contribution is 2.37. The van der Waals surface area contributed by atoms with Crippen LogP contribution in [0.15, 0.2) is 47.0 Å². The summed E-state index contributed by atoms with van der Waals surface area (Å²) in [5, 5.41) is 4.95. The molecule has 0 saturated carbocycles. The minimum atomic E-state index is -0.175. The predicted octanol–water partition coefficient (Wildman–Crippen LogP) is 6.07. The number of hydrogen-bond donors (Lipinski definition) is 0. The van der Waals surface area contributed by atoms with E-state index in [2.05, 4.69) is 5.16 Å². The van der Waals surface area contributed by atoms with Gasteiger partial charge in [0, 0.05) is 37.9 Å². The third kappa shape index (κ3) is 4.47. The van der Waals surface area contributed by atoms with Crippen LogP contribution in [0.5, 0.6) is 0 Å². The first-order valence-corrected chi connectivity index (χ1v) is 10.4. The third-order valence-corrected chi connectivity index (χ3v) is 5.60. The molecule has 2 aromatic carbocycles. The summed E-state index contributed by atoms with van der Waals surface area (Å²) in [4.78, 5) is 17.4. The number of carbonyl (C=O) groups is 1. The second-order valence-electron chi connectivity index (χ2n) is 7.65. The lowest BCUT2D eigenvalue weighted by Crippen LogP contribution is -2.36. The summed E-state index contributed by atoms with van der Waals surface area (Å²) in [6.07, 6.45) is 0. The number of aryl methyl sites for hydroxylation is 1. The van der Waals surface area contributed by atoms with E-state index < -0.39 is 0 Å². The maximum atomic E-state index is 13.6. The molecule has 0 aliphatic heterocycles. The molecule has 0 fully saturated rings. The number of anilines is 1. The second-order valence-corrected chi connectivity index (χ2v) is 8.46. The molecule has 3 rings (SSSR count). The zero-order valence-corrected chi connectivity index (χ0v) is 19.3. The van der Waals surface area contributed by atoms with Gasteiger partial charge in [-0.3, -0.25) is 4.79 Å². The summed E-state index contributed by atoms with van der Waals surface area (Å²) in [5.41, 5.74) is 3.38. The standard InChI is InChI=1S/C23H25Cl2N3O2/c1-14(2)28(13-16-9-11-17(12-10-16)27(4)5)23(29)20-15(3)30-26-22(20)21-18(24)7-6-8-19(21)25/h6-12,14H,13H2,1-5H3. The van der Waals surface area contributed by atoms with Gasteiger partial charge in [0.15, 0.2) is 0 Å². The Morgan fingerprint density at radius 1 is 1.07 bits per heavy atom. The van der Waals surface area contributed by atoms with Gasteiger partial charge in [0.2, 0.25) is 0 Å². The average Bonchev–Trinajstić information content (AvgIpc) is 3.06. The summed E-state index contributed by atoms with van der Waals surface area (Å²) >= 11 is 12.7. The van der Waals surface area contributed by atoms with Gasteiger partial charge in [-0.2, -0.15) is 0 Å². The Morgan fingerprint density at radius 2 is 1.67 bits per heavy atom. The van der Waals surface area contributed by atoms with Gasteiger partial charge in [-0.25, -0.2) is 0 Å². The highest BCUT2D eigenvalue weighted by molar-refractivity contribution is 6.39. The summed E-state index contributed by atoms with van der Waals surface area (Å²) in [6.45, 7) is 6.15. The Bertz CT molecular complexity index is 1020. The first kappa shape index (κ1) is 22.2. The number of carbonyl (C=O) groups excluding carboxylic acids is 1. The molecule has 0 unspecified atom stereocenters. The molecule has 0 N–H and O–H groups in total. The van der Waals surface area contributed by atoms with Crippen molar-refractivity contribution in [1.29, 1.82) is 0 Å². The lowest BCUT2D eigenvalue weighted by molar-refractivity contribution is 0.0689. The van der Waals surface area contributed by atoms with Crippen LogP contribution in [0, 0.1) is 6.92 Å². The molecular formula is C23H25Cl2N3O2. The topological polar surface area (TPSA) is 49.6 Å². The average molecular weight is 446 g/mol. The number of nitrogens with zero attached hydrogens (tertiary/aromatic N) is 3. The van der Waals surface area contributed by atoms with Gasteiger partial charge in [-0.1, -0.05) is 46.6 Å².